The number of benzene rings is 2. The SMILES string of the molecule is CC(NC(=O)/C=C/c1cccc(F)c1)c1cc(F)cc(N2CCOCC2)c1. The van der Waals surface area contributed by atoms with Gasteiger partial charge in [0.25, 0.3) is 0 Å². The fraction of sp³-hybridized carbons (Fsp3) is 0.286. The fourth-order valence-electron chi connectivity index (χ4n) is 2.98. The molecule has 1 heterocycles. The number of rotatable bonds is 5. The van der Waals surface area contributed by atoms with Crippen molar-refractivity contribution in [3.63, 3.8) is 0 Å². The van der Waals surface area contributed by atoms with Crippen LogP contribution in [0.1, 0.15) is 24.1 Å². The molecular weight excluding hydrogens is 350 g/mol. The Balaban J connectivity index is 1.67. The summed E-state index contributed by atoms with van der Waals surface area (Å²) in [5.74, 6) is -1.03. The lowest BCUT2D eigenvalue weighted by Crippen LogP contribution is -2.36. The van der Waals surface area contributed by atoms with Gasteiger partial charge in [-0.2, -0.15) is 0 Å². The molecule has 0 saturated carbocycles. The van der Waals surface area contributed by atoms with Gasteiger partial charge in [-0.1, -0.05) is 12.1 Å². The summed E-state index contributed by atoms with van der Waals surface area (Å²) < 4.78 is 32.6. The quantitative estimate of drug-likeness (QED) is 0.814. The van der Waals surface area contributed by atoms with Crippen LogP contribution in [0.15, 0.2) is 48.5 Å². The van der Waals surface area contributed by atoms with Crippen LogP contribution in [0.5, 0.6) is 0 Å². The fourth-order valence-corrected chi connectivity index (χ4v) is 2.98. The maximum atomic E-state index is 14.1. The third-order valence-electron chi connectivity index (χ3n) is 4.42. The van der Waals surface area contributed by atoms with Crippen LogP contribution in [0.25, 0.3) is 6.08 Å². The molecule has 27 heavy (non-hydrogen) atoms. The Labute approximate surface area is 157 Å². The van der Waals surface area contributed by atoms with Gasteiger partial charge in [0.2, 0.25) is 5.91 Å². The summed E-state index contributed by atoms with van der Waals surface area (Å²) in [4.78, 5) is 14.2. The third kappa shape index (κ3) is 5.37. The van der Waals surface area contributed by atoms with Crippen LogP contribution in [-0.4, -0.2) is 32.2 Å². The van der Waals surface area contributed by atoms with E-state index in [0.29, 0.717) is 37.4 Å². The smallest absolute Gasteiger partial charge is 0.244 e. The number of morpholine rings is 1. The predicted molar refractivity (Wildman–Crippen MR) is 101 cm³/mol. The summed E-state index contributed by atoms with van der Waals surface area (Å²) in [7, 11) is 0. The second kappa shape index (κ2) is 8.77. The molecule has 1 amide bonds. The molecule has 2 aromatic rings. The number of carbonyl (C=O) groups excluding carboxylic acids is 1. The zero-order valence-electron chi connectivity index (χ0n) is 15.1. The standard InChI is InChI=1S/C21H22F2N2O2/c1-15(24-21(26)6-5-16-3-2-4-18(22)11-16)17-12-19(23)14-20(13-17)25-7-9-27-10-8-25/h2-6,11-15H,7-10H2,1H3,(H,24,26)/b6-5+. The van der Waals surface area contributed by atoms with E-state index in [4.69, 9.17) is 4.74 Å². The molecule has 142 valence electrons. The van der Waals surface area contributed by atoms with Gasteiger partial charge in [0.15, 0.2) is 0 Å². The van der Waals surface area contributed by atoms with Crippen LogP contribution in [0.4, 0.5) is 14.5 Å². The van der Waals surface area contributed by atoms with Gasteiger partial charge in [-0.05, 0) is 54.5 Å². The maximum absolute atomic E-state index is 14.1. The van der Waals surface area contributed by atoms with Crippen molar-refractivity contribution in [3.8, 4) is 0 Å². The summed E-state index contributed by atoms with van der Waals surface area (Å²) >= 11 is 0. The number of hydrogen-bond donors (Lipinski definition) is 1. The van der Waals surface area contributed by atoms with Gasteiger partial charge in [-0.25, -0.2) is 8.78 Å². The first kappa shape index (κ1) is 19.0. The molecule has 0 bridgehead atoms. The van der Waals surface area contributed by atoms with E-state index in [0.717, 1.165) is 5.69 Å². The number of amides is 1. The molecule has 1 saturated heterocycles. The minimum Gasteiger partial charge on any atom is -0.378 e. The molecule has 1 aliphatic rings. The second-order valence-electron chi connectivity index (χ2n) is 6.46. The molecule has 2 aromatic carbocycles. The molecule has 1 aliphatic heterocycles. The molecule has 0 aliphatic carbocycles. The van der Waals surface area contributed by atoms with Crippen molar-refractivity contribution in [2.75, 3.05) is 31.2 Å². The van der Waals surface area contributed by atoms with Crippen molar-refractivity contribution in [1.82, 2.24) is 5.32 Å². The summed E-state index contributed by atoms with van der Waals surface area (Å²) in [6.45, 7) is 4.44. The van der Waals surface area contributed by atoms with Crippen molar-refractivity contribution < 1.29 is 18.3 Å². The number of carbonyl (C=O) groups is 1. The first-order valence-electron chi connectivity index (χ1n) is 8.88. The molecule has 1 unspecified atom stereocenters. The second-order valence-corrected chi connectivity index (χ2v) is 6.46. The van der Waals surface area contributed by atoms with Crippen LogP contribution in [-0.2, 0) is 9.53 Å². The Bertz CT molecular complexity index is 833. The molecule has 1 atom stereocenters. The van der Waals surface area contributed by atoms with E-state index in [1.807, 2.05) is 6.07 Å². The van der Waals surface area contributed by atoms with E-state index in [1.165, 1.54) is 36.4 Å². The highest BCUT2D eigenvalue weighted by atomic mass is 19.1. The van der Waals surface area contributed by atoms with Crippen molar-refractivity contribution in [1.29, 1.82) is 0 Å². The number of nitrogens with one attached hydrogen (secondary N) is 1. The Hall–Kier alpha value is -2.73. The van der Waals surface area contributed by atoms with Gasteiger partial charge in [-0.3, -0.25) is 4.79 Å². The molecule has 0 radical (unpaired) electrons. The first-order chi connectivity index (χ1) is 13.0. The Morgan fingerprint density at radius 1 is 1.15 bits per heavy atom. The zero-order valence-corrected chi connectivity index (χ0v) is 15.1. The molecular formula is C21H22F2N2O2. The van der Waals surface area contributed by atoms with E-state index in [9.17, 15) is 13.6 Å². The topological polar surface area (TPSA) is 41.6 Å². The molecule has 3 rings (SSSR count). The molecule has 0 spiro atoms. The predicted octanol–water partition coefficient (Wildman–Crippen LogP) is 3.69. The number of nitrogens with zero attached hydrogens (tertiary/aromatic N) is 1. The Kier molecular flexibility index (Phi) is 6.19. The Morgan fingerprint density at radius 2 is 1.93 bits per heavy atom. The van der Waals surface area contributed by atoms with Crippen LogP contribution in [0, 0.1) is 11.6 Å². The zero-order chi connectivity index (χ0) is 19.2. The highest BCUT2D eigenvalue weighted by Gasteiger charge is 2.15. The van der Waals surface area contributed by atoms with Gasteiger partial charge in [0, 0.05) is 24.9 Å². The molecule has 1 N–H and O–H groups in total. The van der Waals surface area contributed by atoms with Gasteiger partial charge >= 0.3 is 0 Å². The lowest BCUT2D eigenvalue weighted by molar-refractivity contribution is -0.117. The minimum atomic E-state index is -0.370. The minimum absolute atomic E-state index is 0.330. The van der Waals surface area contributed by atoms with E-state index >= 15 is 0 Å². The van der Waals surface area contributed by atoms with E-state index in [1.54, 1.807) is 19.1 Å². The Morgan fingerprint density at radius 3 is 2.67 bits per heavy atom. The molecule has 0 aromatic heterocycles. The molecule has 1 fully saturated rings. The normalized spacial score (nSPS) is 15.7. The van der Waals surface area contributed by atoms with Crippen molar-refractivity contribution in [3.05, 3.63) is 71.3 Å². The number of anilines is 1. The van der Waals surface area contributed by atoms with E-state index in [-0.39, 0.29) is 23.6 Å². The van der Waals surface area contributed by atoms with Crippen molar-refractivity contribution in [2.45, 2.75) is 13.0 Å². The summed E-state index contributed by atoms with van der Waals surface area (Å²) in [5.41, 5.74) is 2.06. The van der Waals surface area contributed by atoms with Gasteiger partial charge < -0.3 is 15.0 Å². The average molecular weight is 372 g/mol. The van der Waals surface area contributed by atoms with Crippen molar-refractivity contribution in [2.24, 2.45) is 0 Å². The van der Waals surface area contributed by atoms with Crippen LogP contribution in [0.3, 0.4) is 0 Å². The van der Waals surface area contributed by atoms with Gasteiger partial charge in [-0.15, -0.1) is 0 Å². The van der Waals surface area contributed by atoms with Crippen molar-refractivity contribution >= 4 is 17.7 Å². The summed E-state index contributed by atoms with van der Waals surface area (Å²) in [5, 5.41) is 2.81. The highest BCUT2D eigenvalue weighted by Crippen LogP contribution is 2.23. The van der Waals surface area contributed by atoms with Gasteiger partial charge in [0.1, 0.15) is 11.6 Å². The van der Waals surface area contributed by atoms with Crippen LogP contribution >= 0.6 is 0 Å². The van der Waals surface area contributed by atoms with Crippen LogP contribution < -0.4 is 10.2 Å². The van der Waals surface area contributed by atoms with Gasteiger partial charge in [0.05, 0.1) is 19.3 Å². The molecule has 6 heteroatoms. The molecule has 4 nitrogen and oxygen atoms in total. The monoisotopic (exact) mass is 372 g/mol. The average Bonchev–Trinajstić information content (AvgIpc) is 2.66. The summed E-state index contributed by atoms with van der Waals surface area (Å²) in [6, 6.07) is 10.4. The lowest BCUT2D eigenvalue weighted by Gasteiger charge is -2.29. The third-order valence-corrected chi connectivity index (χ3v) is 4.42. The summed E-state index contributed by atoms with van der Waals surface area (Å²) in [6.07, 6.45) is 2.88. The van der Waals surface area contributed by atoms with E-state index in [2.05, 4.69) is 10.2 Å². The lowest BCUT2D eigenvalue weighted by atomic mass is 10.1. The van der Waals surface area contributed by atoms with E-state index < -0.39 is 0 Å². The maximum Gasteiger partial charge on any atom is 0.244 e. The first-order valence-corrected chi connectivity index (χ1v) is 8.88. The van der Waals surface area contributed by atoms with Crippen LogP contribution in [0.2, 0.25) is 0 Å². The number of hydrogen-bond acceptors (Lipinski definition) is 3. The number of ether oxygens (including phenoxy) is 1. The largest absolute Gasteiger partial charge is 0.378 e. The highest BCUT2D eigenvalue weighted by molar-refractivity contribution is 5.92. The number of halogens is 2.